The molecule has 0 radical (unpaired) electrons. The Kier molecular flexibility index (Phi) is 2.52. The first-order chi connectivity index (χ1) is 6.68. The Bertz CT molecular complexity index is 295. The van der Waals surface area contributed by atoms with Gasteiger partial charge in [0.15, 0.2) is 0 Å². The van der Waals surface area contributed by atoms with Gasteiger partial charge in [-0.25, -0.2) is 0 Å². The van der Waals surface area contributed by atoms with E-state index in [2.05, 4.69) is 41.2 Å². The largest absolute Gasteiger partial charge is 0.298 e. The van der Waals surface area contributed by atoms with Gasteiger partial charge in [-0.3, -0.25) is 15.2 Å². The molecule has 0 amide bonds. The van der Waals surface area contributed by atoms with Gasteiger partial charge in [0.25, 0.3) is 0 Å². The lowest BCUT2D eigenvalue weighted by atomic mass is 10.2. The second kappa shape index (κ2) is 3.67. The summed E-state index contributed by atoms with van der Waals surface area (Å²) >= 11 is 0. The summed E-state index contributed by atoms with van der Waals surface area (Å²) < 4.78 is 0. The molecule has 1 aliphatic heterocycles. The molecule has 0 unspecified atom stereocenters. The minimum absolute atomic E-state index is 0.128. The van der Waals surface area contributed by atoms with Crippen LogP contribution in [0.15, 0.2) is 24.5 Å². The molecule has 0 aromatic carbocycles. The monoisotopic (exact) mass is 191 g/mol. The molecule has 1 saturated heterocycles. The predicted octanol–water partition coefficient (Wildman–Crippen LogP) is 1.22. The lowest BCUT2D eigenvalue weighted by Crippen LogP contribution is -2.45. The van der Waals surface area contributed by atoms with Crippen LogP contribution >= 0.6 is 0 Å². The van der Waals surface area contributed by atoms with Gasteiger partial charge >= 0.3 is 0 Å². The van der Waals surface area contributed by atoms with Gasteiger partial charge < -0.3 is 0 Å². The zero-order chi connectivity index (χ0) is 10.0. The number of hydrogen-bond donors (Lipinski definition) is 1. The Hall–Kier alpha value is -0.930. The van der Waals surface area contributed by atoms with E-state index in [1.165, 1.54) is 5.56 Å². The summed E-state index contributed by atoms with van der Waals surface area (Å²) in [4.78, 5) is 6.47. The number of pyridine rings is 1. The van der Waals surface area contributed by atoms with Crippen LogP contribution in [-0.4, -0.2) is 28.6 Å². The maximum atomic E-state index is 4.02. The summed E-state index contributed by atoms with van der Waals surface area (Å²) in [7, 11) is 0. The van der Waals surface area contributed by atoms with E-state index < -0.39 is 0 Å². The van der Waals surface area contributed by atoms with Gasteiger partial charge in [0, 0.05) is 32.0 Å². The van der Waals surface area contributed by atoms with E-state index in [0.29, 0.717) is 0 Å². The third-order valence-electron chi connectivity index (χ3n) is 2.85. The maximum absolute atomic E-state index is 4.02. The first-order valence-corrected chi connectivity index (χ1v) is 5.07. The second-order valence-corrected chi connectivity index (χ2v) is 4.26. The molecule has 1 fully saturated rings. The molecule has 3 nitrogen and oxygen atoms in total. The lowest BCUT2D eigenvalue weighted by molar-refractivity contribution is 0.149. The van der Waals surface area contributed by atoms with Gasteiger partial charge in [0.1, 0.15) is 0 Å². The van der Waals surface area contributed by atoms with Gasteiger partial charge in [-0.15, -0.1) is 0 Å². The Labute approximate surface area is 85.1 Å². The fourth-order valence-electron chi connectivity index (χ4n) is 1.87. The van der Waals surface area contributed by atoms with E-state index in [1.54, 1.807) is 0 Å². The Balaban J connectivity index is 2.05. The molecular weight excluding hydrogens is 174 g/mol. The Morgan fingerprint density at radius 3 is 2.71 bits per heavy atom. The van der Waals surface area contributed by atoms with Crippen molar-refractivity contribution in [2.45, 2.75) is 26.1 Å². The second-order valence-electron chi connectivity index (χ2n) is 4.26. The molecule has 1 N–H and O–H groups in total. The Morgan fingerprint density at radius 2 is 2.14 bits per heavy atom. The summed E-state index contributed by atoms with van der Waals surface area (Å²) in [6.07, 6.45) is 3.71. The lowest BCUT2D eigenvalue weighted by Gasteiger charge is -2.31. The van der Waals surface area contributed by atoms with Crippen LogP contribution in [0.3, 0.4) is 0 Å². The van der Waals surface area contributed by atoms with Crippen molar-refractivity contribution in [3.8, 4) is 0 Å². The standard InChI is InChI=1S/C11H17N3/c1-11(2)13-7-8-14(11)9-10-3-5-12-6-4-10/h3-6,13H,7-9H2,1-2H3. The van der Waals surface area contributed by atoms with Crippen LogP contribution in [0, 0.1) is 0 Å². The first kappa shape index (κ1) is 9.62. The van der Waals surface area contributed by atoms with Crippen LogP contribution in [0.5, 0.6) is 0 Å². The third kappa shape index (κ3) is 1.94. The molecule has 0 aliphatic carbocycles. The van der Waals surface area contributed by atoms with Crippen molar-refractivity contribution < 1.29 is 0 Å². The molecule has 1 aromatic heterocycles. The molecule has 3 heteroatoms. The molecule has 2 rings (SSSR count). The number of aromatic nitrogens is 1. The number of rotatable bonds is 2. The van der Waals surface area contributed by atoms with Crippen molar-refractivity contribution in [3.63, 3.8) is 0 Å². The average molecular weight is 191 g/mol. The molecular formula is C11H17N3. The topological polar surface area (TPSA) is 28.2 Å². The number of nitrogens with zero attached hydrogens (tertiary/aromatic N) is 2. The van der Waals surface area contributed by atoms with Crippen molar-refractivity contribution in [2.75, 3.05) is 13.1 Å². The van der Waals surface area contributed by atoms with Crippen LogP contribution in [0.4, 0.5) is 0 Å². The molecule has 2 heterocycles. The highest BCUT2D eigenvalue weighted by Gasteiger charge is 2.30. The number of nitrogens with one attached hydrogen (secondary N) is 1. The van der Waals surface area contributed by atoms with Gasteiger partial charge in [-0.05, 0) is 31.5 Å². The molecule has 0 saturated carbocycles. The normalized spacial score (nSPS) is 21.3. The summed E-state index contributed by atoms with van der Waals surface area (Å²) in [6.45, 7) is 7.65. The van der Waals surface area contributed by atoms with Gasteiger partial charge in [-0.2, -0.15) is 0 Å². The van der Waals surface area contributed by atoms with Crippen LogP contribution in [0.25, 0.3) is 0 Å². The summed E-state index contributed by atoms with van der Waals surface area (Å²) in [5, 5.41) is 3.48. The van der Waals surface area contributed by atoms with E-state index in [4.69, 9.17) is 0 Å². The van der Waals surface area contributed by atoms with Crippen molar-refractivity contribution in [1.82, 2.24) is 15.2 Å². The van der Waals surface area contributed by atoms with Crippen LogP contribution in [-0.2, 0) is 6.54 Å². The maximum Gasteiger partial charge on any atom is 0.0658 e. The highest BCUT2D eigenvalue weighted by Crippen LogP contribution is 2.18. The van der Waals surface area contributed by atoms with Crippen molar-refractivity contribution in [1.29, 1.82) is 0 Å². The van der Waals surface area contributed by atoms with Crippen LogP contribution in [0.1, 0.15) is 19.4 Å². The van der Waals surface area contributed by atoms with E-state index >= 15 is 0 Å². The molecule has 0 spiro atoms. The fraction of sp³-hybridized carbons (Fsp3) is 0.545. The summed E-state index contributed by atoms with van der Waals surface area (Å²) in [5.74, 6) is 0. The van der Waals surface area contributed by atoms with E-state index in [-0.39, 0.29) is 5.66 Å². The SMILES string of the molecule is CC1(C)NCCN1Cc1ccncc1. The predicted molar refractivity (Wildman–Crippen MR) is 56.7 cm³/mol. The van der Waals surface area contributed by atoms with Gasteiger partial charge in [-0.1, -0.05) is 0 Å². The van der Waals surface area contributed by atoms with E-state index in [0.717, 1.165) is 19.6 Å². The minimum Gasteiger partial charge on any atom is -0.298 e. The quantitative estimate of drug-likeness (QED) is 0.762. The zero-order valence-corrected chi connectivity index (χ0v) is 8.83. The van der Waals surface area contributed by atoms with E-state index in [9.17, 15) is 0 Å². The Morgan fingerprint density at radius 1 is 1.43 bits per heavy atom. The van der Waals surface area contributed by atoms with E-state index in [1.807, 2.05) is 12.4 Å². The smallest absolute Gasteiger partial charge is 0.0658 e. The first-order valence-electron chi connectivity index (χ1n) is 5.07. The fourth-order valence-corrected chi connectivity index (χ4v) is 1.87. The van der Waals surface area contributed by atoms with Gasteiger partial charge in [0.2, 0.25) is 0 Å². The highest BCUT2D eigenvalue weighted by atomic mass is 15.4. The highest BCUT2D eigenvalue weighted by molar-refractivity contribution is 5.10. The van der Waals surface area contributed by atoms with Crippen LogP contribution in [0.2, 0.25) is 0 Å². The molecule has 0 atom stereocenters. The van der Waals surface area contributed by atoms with Crippen molar-refractivity contribution >= 4 is 0 Å². The van der Waals surface area contributed by atoms with Gasteiger partial charge in [0.05, 0.1) is 5.66 Å². The summed E-state index contributed by atoms with van der Waals surface area (Å²) in [6, 6.07) is 4.16. The number of hydrogen-bond acceptors (Lipinski definition) is 3. The average Bonchev–Trinajstić information content (AvgIpc) is 2.48. The van der Waals surface area contributed by atoms with Crippen LogP contribution < -0.4 is 5.32 Å². The minimum atomic E-state index is 0.128. The van der Waals surface area contributed by atoms with Crippen molar-refractivity contribution in [3.05, 3.63) is 30.1 Å². The molecule has 76 valence electrons. The molecule has 1 aromatic rings. The zero-order valence-electron chi connectivity index (χ0n) is 8.83. The van der Waals surface area contributed by atoms with Crippen molar-refractivity contribution in [2.24, 2.45) is 0 Å². The molecule has 14 heavy (non-hydrogen) atoms. The molecule has 1 aliphatic rings. The third-order valence-corrected chi connectivity index (χ3v) is 2.85. The summed E-state index contributed by atoms with van der Waals surface area (Å²) in [5.41, 5.74) is 1.46. The molecule has 0 bridgehead atoms.